The largest absolute Gasteiger partial charge is 0.348 e. The SMILES string of the molecule is CCNC(=O)C(=O)N(c1cc[c]cc1)N1CCCC1. The number of carbonyl (C=O) groups is 2. The van der Waals surface area contributed by atoms with E-state index in [1.54, 1.807) is 31.2 Å². The smallest absolute Gasteiger partial charge is 0.330 e. The molecule has 1 aliphatic heterocycles. The number of nitrogens with zero attached hydrogens (tertiary/aromatic N) is 2. The number of hydrogen-bond acceptors (Lipinski definition) is 3. The summed E-state index contributed by atoms with van der Waals surface area (Å²) in [6.45, 7) is 3.83. The van der Waals surface area contributed by atoms with E-state index in [0.29, 0.717) is 12.2 Å². The molecule has 1 aromatic rings. The average Bonchev–Trinajstić information content (AvgIpc) is 2.94. The van der Waals surface area contributed by atoms with Crippen LogP contribution in [-0.2, 0) is 9.59 Å². The molecule has 5 heteroatoms. The van der Waals surface area contributed by atoms with Gasteiger partial charge in [0.1, 0.15) is 0 Å². The molecule has 0 spiro atoms. The van der Waals surface area contributed by atoms with E-state index in [9.17, 15) is 9.59 Å². The van der Waals surface area contributed by atoms with Crippen molar-refractivity contribution in [3.63, 3.8) is 0 Å². The lowest BCUT2D eigenvalue weighted by molar-refractivity contribution is -0.139. The zero-order valence-corrected chi connectivity index (χ0v) is 11.1. The molecule has 0 bridgehead atoms. The molecule has 0 saturated carbocycles. The molecule has 1 radical (unpaired) electrons. The minimum Gasteiger partial charge on any atom is -0.348 e. The highest BCUT2D eigenvalue weighted by molar-refractivity contribution is 6.40. The van der Waals surface area contributed by atoms with Gasteiger partial charge in [0, 0.05) is 19.6 Å². The van der Waals surface area contributed by atoms with Crippen molar-refractivity contribution in [3.8, 4) is 0 Å². The van der Waals surface area contributed by atoms with E-state index in [1.807, 2.05) is 5.01 Å². The third kappa shape index (κ3) is 3.12. The Hall–Kier alpha value is -1.88. The van der Waals surface area contributed by atoms with E-state index in [4.69, 9.17) is 0 Å². The van der Waals surface area contributed by atoms with Crippen molar-refractivity contribution in [3.05, 3.63) is 30.3 Å². The van der Waals surface area contributed by atoms with Gasteiger partial charge in [-0.1, -0.05) is 12.1 Å². The van der Waals surface area contributed by atoms with Gasteiger partial charge >= 0.3 is 11.8 Å². The number of likely N-dealkylation sites (N-methyl/N-ethyl adjacent to an activating group) is 1. The van der Waals surface area contributed by atoms with E-state index in [2.05, 4.69) is 11.4 Å². The van der Waals surface area contributed by atoms with Crippen molar-refractivity contribution in [1.29, 1.82) is 0 Å². The van der Waals surface area contributed by atoms with Gasteiger partial charge in [0.25, 0.3) is 0 Å². The molecule has 1 aliphatic rings. The molecule has 1 saturated heterocycles. The predicted octanol–water partition coefficient (Wildman–Crippen LogP) is 0.967. The predicted molar refractivity (Wildman–Crippen MR) is 72.3 cm³/mol. The van der Waals surface area contributed by atoms with Gasteiger partial charge in [-0.15, -0.1) is 0 Å². The lowest BCUT2D eigenvalue weighted by Gasteiger charge is -2.30. The number of nitrogens with one attached hydrogen (secondary N) is 1. The number of rotatable bonds is 3. The lowest BCUT2D eigenvalue weighted by Crippen LogP contribution is -2.51. The summed E-state index contributed by atoms with van der Waals surface area (Å²) in [7, 11) is 0. The second kappa shape index (κ2) is 6.33. The molecule has 0 aromatic heterocycles. The molecule has 19 heavy (non-hydrogen) atoms. The zero-order valence-electron chi connectivity index (χ0n) is 11.1. The molecule has 101 valence electrons. The summed E-state index contributed by atoms with van der Waals surface area (Å²) in [6, 6.07) is 9.97. The Morgan fingerprint density at radius 2 is 1.95 bits per heavy atom. The Kier molecular flexibility index (Phi) is 4.52. The Labute approximate surface area is 113 Å². The molecule has 0 aliphatic carbocycles. The van der Waals surface area contributed by atoms with Gasteiger partial charge in [-0.05, 0) is 38.0 Å². The van der Waals surface area contributed by atoms with Gasteiger partial charge in [0.15, 0.2) is 0 Å². The summed E-state index contributed by atoms with van der Waals surface area (Å²) in [4.78, 5) is 24.1. The molecular weight excluding hydrogens is 242 g/mol. The summed E-state index contributed by atoms with van der Waals surface area (Å²) < 4.78 is 0. The van der Waals surface area contributed by atoms with E-state index in [1.165, 1.54) is 5.01 Å². The van der Waals surface area contributed by atoms with Crippen LogP contribution in [0.4, 0.5) is 5.69 Å². The first-order chi connectivity index (χ1) is 9.24. The molecule has 1 aromatic carbocycles. The van der Waals surface area contributed by atoms with E-state index in [-0.39, 0.29) is 0 Å². The van der Waals surface area contributed by atoms with Crippen molar-refractivity contribution in [1.82, 2.24) is 10.3 Å². The van der Waals surface area contributed by atoms with Crippen LogP contribution in [0.2, 0.25) is 0 Å². The minimum absolute atomic E-state index is 0.445. The van der Waals surface area contributed by atoms with Gasteiger partial charge in [-0.25, -0.2) is 10.0 Å². The maximum Gasteiger partial charge on any atom is 0.330 e. The molecular formula is C14H18N3O2. The average molecular weight is 260 g/mol. The summed E-state index contributed by atoms with van der Waals surface area (Å²) in [5.41, 5.74) is 0.705. The zero-order chi connectivity index (χ0) is 13.7. The van der Waals surface area contributed by atoms with Crippen molar-refractivity contribution >= 4 is 17.5 Å². The quantitative estimate of drug-likeness (QED) is 0.824. The fraction of sp³-hybridized carbons (Fsp3) is 0.429. The van der Waals surface area contributed by atoms with E-state index < -0.39 is 11.8 Å². The molecule has 1 fully saturated rings. The van der Waals surface area contributed by atoms with Gasteiger partial charge < -0.3 is 5.32 Å². The third-order valence-corrected chi connectivity index (χ3v) is 3.03. The standard InChI is InChI=1S/C14H18N3O2/c1-2-15-13(18)14(19)17(16-10-6-7-11-16)12-8-4-3-5-9-12/h4-5,8-9H,2,6-7,10-11H2,1H3,(H,15,18). The van der Waals surface area contributed by atoms with Gasteiger partial charge in [-0.3, -0.25) is 9.59 Å². The summed E-state index contributed by atoms with van der Waals surface area (Å²) in [6.07, 6.45) is 2.08. The summed E-state index contributed by atoms with van der Waals surface area (Å²) in [5, 5.41) is 5.96. The number of hydrogen-bond donors (Lipinski definition) is 1. The van der Waals surface area contributed by atoms with Crippen molar-refractivity contribution in [2.45, 2.75) is 19.8 Å². The summed E-state index contributed by atoms with van der Waals surface area (Å²) in [5.74, 6) is -1.10. The Morgan fingerprint density at radius 1 is 1.32 bits per heavy atom. The second-order valence-corrected chi connectivity index (χ2v) is 4.40. The maximum atomic E-state index is 12.3. The molecule has 1 N–H and O–H groups in total. The molecule has 5 nitrogen and oxygen atoms in total. The Morgan fingerprint density at radius 3 is 2.53 bits per heavy atom. The molecule has 1 heterocycles. The van der Waals surface area contributed by atoms with Crippen molar-refractivity contribution < 1.29 is 9.59 Å². The van der Waals surface area contributed by atoms with E-state index in [0.717, 1.165) is 25.9 Å². The van der Waals surface area contributed by atoms with Crippen LogP contribution in [0.15, 0.2) is 24.3 Å². The Bertz CT molecular complexity index is 441. The number of benzene rings is 1. The number of anilines is 1. The van der Waals surface area contributed by atoms with Gasteiger partial charge in [-0.2, -0.15) is 0 Å². The topological polar surface area (TPSA) is 52.7 Å². The van der Waals surface area contributed by atoms with Crippen LogP contribution in [-0.4, -0.2) is 36.5 Å². The van der Waals surface area contributed by atoms with Crippen molar-refractivity contribution in [2.24, 2.45) is 0 Å². The molecule has 0 atom stereocenters. The minimum atomic E-state index is -0.567. The fourth-order valence-electron chi connectivity index (χ4n) is 2.16. The van der Waals surface area contributed by atoms with Crippen molar-refractivity contribution in [2.75, 3.05) is 24.6 Å². The first-order valence-corrected chi connectivity index (χ1v) is 6.57. The second-order valence-electron chi connectivity index (χ2n) is 4.40. The van der Waals surface area contributed by atoms with Crippen LogP contribution in [0, 0.1) is 6.07 Å². The fourth-order valence-corrected chi connectivity index (χ4v) is 2.16. The lowest BCUT2D eigenvalue weighted by atomic mass is 10.3. The van der Waals surface area contributed by atoms with Gasteiger partial charge in [0.2, 0.25) is 0 Å². The highest BCUT2D eigenvalue weighted by Crippen LogP contribution is 2.20. The van der Waals surface area contributed by atoms with Crippen LogP contribution in [0.5, 0.6) is 0 Å². The Balaban J connectivity index is 2.24. The normalized spacial score (nSPS) is 15.2. The van der Waals surface area contributed by atoms with Crippen LogP contribution in [0.1, 0.15) is 19.8 Å². The third-order valence-electron chi connectivity index (χ3n) is 3.03. The monoisotopic (exact) mass is 260 g/mol. The maximum absolute atomic E-state index is 12.3. The molecule has 0 unspecified atom stereocenters. The first kappa shape index (κ1) is 13.5. The van der Waals surface area contributed by atoms with Gasteiger partial charge in [0.05, 0.1) is 5.69 Å². The number of carbonyl (C=O) groups excluding carboxylic acids is 2. The highest BCUT2D eigenvalue weighted by atomic mass is 16.2. The van der Waals surface area contributed by atoms with E-state index >= 15 is 0 Å². The highest BCUT2D eigenvalue weighted by Gasteiger charge is 2.29. The first-order valence-electron chi connectivity index (χ1n) is 6.57. The summed E-state index contributed by atoms with van der Waals surface area (Å²) >= 11 is 0. The molecule has 2 rings (SSSR count). The van der Waals surface area contributed by atoms with Crippen LogP contribution in [0.25, 0.3) is 0 Å². The van der Waals surface area contributed by atoms with Crippen LogP contribution >= 0.6 is 0 Å². The molecule has 2 amide bonds. The number of amides is 2. The number of hydrazine groups is 1. The van der Waals surface area contributed by atoms with Crippen LogP contribution < -0.4 is 10.3 Å². The van der Waals surface area contributed by atoms with Crippen LogP contribution in [0.3, 0.4) is 0 Å².